The summed E-state index contributed by atoms with van der Waals surface area (Å²) in [5.41, 5.74) is 0.821. The summed E-state index contributed by atoms with van der Waals surface area (Å²) in [6.07, 6.45) is 1.81. The summed E-state index contributed by atoms with van der Waals surface area (Å²) in [4.78, 5) is 30.1. The molecular formula is C20H25N3O2S. The van der Waals surface area contributed by atoms with Crippen molar-refractivity contribution < 1.29 is 9.59 Å². The van der Waals surface area contributed by atoms with Gasteiger partial charge in [-0.15, -0.1) is 11.3 Å². The molecule has 2 amide bonds. The molecule has 3 rings (SSSR count). The van der Waals surface area contributed by atoms with Crippen LogP contribution in [-0.2, 0) is 16.1 Å². The van der Waals surface area contributed by atoms with Crippen molar-refractivity contribution >= 4 is 28.8 Å². The Hall–Kier alpha value is -2.18. The van der Waals surface area contributed by atoms with E-state index in [4.69, 9.17) is 0 Å². The molecule has 1 aromatic heterocycles. The summed E-state index contributed by atoms with van der Waals surface area (Å²) in [6, 6.07) is 13.6. The van der Waals surface area contributed by atoms with Crippen LogP contribution < -0.4 is 5.32 Å². The zero-order valence-corrected chi connectivity index (χ0v) is 15.9. The van der Waals surface area contributed by atoms with E-state index in [9.17, 15) is 9.59 Å². The van der Waals surface area contributed by atoms with Crippen LogP contribution in [0.25, 0.3) is 0 Å². The molecule has 0 saturated carbocycles. The Morgan fingerprint density at radius 3 is 2.77 bits per heavy atom. The number of likely N-dealkylation sites (tertiary alicyclic amines) is 1. The molecule has 6 heteroatoms. The maximum atomic E-state index is 12.5. The Labute approximate surface area is 158 Å². The molecule has 1 atom stereocenters. The third kappa shape index (κ3) is 5.16. The molecule has 1 N–H and O–H groups in total. The van der Waals surface area contributed by atoms with Crippen LogP contribution in [0.1, 0.15) is 17.7 Å². The molecule has 5 nitrogen and oxygen atoms in total. The number of thiophene rings is 1. The second kappa shape index (κ2) is 8.96. The van der Waals surface area contributed by atoms with Crippen LogP contribution >= 0.6 is 11.3 Å². The number of anilines is 1. The minimum atomic E-state index is -0.0700. The van der Waals surface area contributed by atoms with E-state index in [1.54, 1.807) is 16.2 Å². The Bertz CT molecular complexity index is 718. The van der Waals surface area contributed by atoms with Crippen LogP contribution in [0.4, 0.5) is 5.69 Å². The van der Waals surface area contributed by atoms with Gasteiger partial charge in [-0.05, 0) is 43.0 Å². The molecule has 1 aliphatic rings. The van der Waals surface area contributed by atoms with Crippen LogP contribution in [0, 0.1) is 5.92 Å². The summed E-state index contributed by atoms with van der Waals surface area (Å²) in [5, 5.41) is 5.00. The quantitative estimate of drug-likeness (QED) is 0.849. The van der Waals surface area contributed by atoms with Gasteiger partial charge in [0.2, 0.25) is 11.8 Å². The first-order chi connectivity index (χ1) is 12.6. The lowest BCUT2D eigenvalue weighted by Crippen LogP contribution is -2.45. The number of hydrogen-bond acceptors (Lipinski definition) is 4. The van der Waals surface area contributed by atoms with Gasteiger partial charge in [-0.2, -0.15) is 0 Å². The third-order valence-corrected chi connectivity index (χ3v) is 5.54. The van der Waals surface area contributed by atoms with Crippen LogP contribution in [-0.4, -0.2) is 48.3 Å². The molecular weight excluding hydrogens is 346 g/mol. The van der Waals surface area contributed by atoms with Crippen molar-refractivity contribution in [2.45, 2.75) is 19.4 Å². The summed E-state index contributed by atoms with van der Waals surface area (Å²) in [7, 11) is 1.84. The average Bonchev–Trinajstić information content (AvgIpc) is 3.15. The molecule has 138 valence electrons. The lowest BCUT2D eigenvalue weighted by Gasteiger charge is -2.32. The molecule has 26 heavy (non-hydrogen) atoms. The second-order valence-electron chi connectivity index (χ2n) is 6.76. The van der Waals surface area contributed by atoms with Gasteiger partial charge in [-0.1, -0.05) is 24.3 Å². The van der Waals surface area contributed by atoms with Gasteiger partial charge in [0.1, 0.15) is 0 Å². The number of hydrogen-bond donors (Lipinski definition) is 1. The minimum Gasteiger partial charge on any atom is -0.340 e. The minimum absolute atomic E-state index is 0.0419. The number of piperidine rings is 1. The standard InChI is InChI=1S/C20H25N3O2S/c1-22(14-18-10-6-12-26-18)19(24)15-23-11-5-7-16(13-23)20(25)21-17-8-3-2-4-9-17/h2-4,6,8-10,12,16H,5,7,11,13-15H2,1H3,(H,21,25)/t16-/m1/s1. The van der Waals surface area contributed by atoms with Gasteiger partial charge in [-0.3, -0.25) is 14.5 Å². The van der Waals surface area contributed by atoms with Crippen molar-refractivity contribution in [3.63, 3.8) is 0 Å². The average molecular weight is 372 g/mol. The topological polar surface area (TPSA) is 52.7 Å². The number of nitrogens with one attached hydrogen (secondary N) is 1. The maximum absolute atomic E-state index is 12.5. The molecule has 0 spiro atoms. The van der Waals surface area contributed by atoms with Crippen molar-refractivity contribution in [1.82, 2.24) is 9.80 Å². The molecule has 2 heterocycles. The fourth-order valence-corrected chi connectivity index (χ4v) is 3.97. The highest BCUT2D eigenvalue weighted by atomic mass is 32.1. The molecule has 1 aliphatic heterocycles. The van der Waals surface area contributed by atoms with E-state index >= 15 is 0 Å². The van der Waals surface area contributed by atoms with Crippen molar-refractivity contribution in [1.29, 1.82) is 0 Å². The third-order valence-electron chi connectivity index (χ3n) is 4.68. The van der Waals surface area contributed by atoms with E-state index in [2.05, 4.69) is 10.2 Å². The van der Waals surface area contributed by atoms with E-state index in [1.807, 2.05) is 54.9 Å². The number of carbonyl (C=O) groups excluding carboxylic acids is 2. The Balaban J connectivity index is 1.49. The summed E-state index contributed by atoms with van der Waals surface area (Å²) >= 11 is 1.66. The summed E-state index contributed by atoms with van der Waals surface area (Å²) in [6.45, 7) is 2.52. The van der Waals surface area contributed by atoms with Gasteiger partial charge < -0.3 is 10.2 Å². The van der Waals surface area contributed by atoms with Crippen molar-refractivity contribution in [2.24, 2.45) is 5.92 Å². The predicted octanol–water partition coefficient (Wildman–Crippen LogP) is 3.06. The number of para-hydroxylation sites is 1. The smallest absolute Gasteiger partial charge is 0.236 e. The second-order valence-corrected chi connectivity index (χ2v) is 7.79. The highest BCUT2D eigenvalue weighted by Gasteiger charge is 2.27. The fraction of sp³-hybridized carbons (Fsp3) is 0.400. The Morgan fingerprint density at radius 2 is 2.04 bits per heavy atom. The summed E-state index contributed by atoms with van der Waals surface area (Å²) in [5.74, 6) is 0.0714. The van der Waals surface area contributed by atoms with Gasteiger partial charge in [0, 0.05) is 24.2 Å². The first-order valence-corrected chi connectivity index (χ1v) is 9.84. The highest BCUT2D eigenvalue weighted by Crippen LogP contribution is 2.19. The highest BCUT2D eigenvalue weighted by molar-refractivity contribution is 7.09. The number of amides is 2. The molecule has 0 aliphatic carbocycles. The van der Waals surface area contributed by atoms with Crippen LogP contribution in [0.2, 0.25) is 0 Å². The van der Waals surface area contributed by atoms with Gasteiger partial charge >= 0.3 is 0 Å². The Morgan fingerprint density at radius 1 is 1.23 bits per heavy atom. The van der Waals surface area contributed by atoms with Crippen LogP contribution in [0.5, 0.6) is 0 Å². The van der Waals surface area contributed by atoms with E-state index in [-0.39, 0.29) is 17.7 Å². The molecule has 1 saturated heterocycles. The monoisotopic (exact) mass is 371 g/mol. The maximum Gasteiger partial charge on any atom is 0.236 e. The number of benzene rings is 1. The molecule has 0 radical (unpaired) electrons. The van der Waals surface area contributed by atoms with Gasteiger partial charge in [-0.25, -0.2) is 0 Å². The van der Waals surface area contributed by atoms with E-state index < -0.39 is 0 Å². The van der Waals surface area contributed by atoms with Crippen molar-refractivity contribution in [3.05, 3.63) is 52.7 Å². The number of likely N-dealkylation sites (N-methyl/N-ethyl adjacent to an activating group) is 1. The van der Waals surface area contributed by atoms with Crippen LogP contribution in [0.3, 0.4) is 0 Å². The molecule has 1 fully saturated rings. The zero-order valence-electron chi connectivity index (χ0n) is 15.1. The van der Waals surface area contributed by atoms with Crippen molar-refractivity contribution in [3.8, 4) is 0 Å². The predicted molar refractivity (Wildman–Crippen MR) is 105 cm³/mol. The zero-order chi connectivity index (χ0) is 18.4. The lowest BCUT2D eigenvalue weighted by atomic mass is 9.97. The summed E-state index contributed by atoms with van der Waals surface area (Å²) < 4.78 is 0. The lowest BCUT2D eigenvalue weighted by molar-refractivity contribution is -0.133. The van der Waals surface area contributed by atoms with Crippen molar-refractivity contribution in [2.75, 3.05) is 32.0 Å². The van der Waals surface area contributed by atoms with E-state index in [0.29, 0.717) is 19.6 Å². The Kier molecular flexibility index (Phi) is 6.41. The van der Waals surface area contributed by atoms with Gasteiger partial charge in [0.05, 0.1) is 19.0 Å². The number of carbonyl (C=O) groups is 2. The van der Waals surface area contributed by atoms with Gasteiger partial charge in [0.25, 0.3) is 0 Å². The van der Waals surface area contributed by atoms with E-state index in [1.165, 1.54) is 4.88 Å². The molecule has 0 unspecified atom stereocenters. The molecule has 2 aromatic rings. The first-order valence-electron chi connectivity index (χ1n) is 8.96. The largest absolute Gasteiger partial charge is 0.340 e. The van der Waals surface area contributed by atoms with Gasteiger partial charge in [0.15, 0.2) is 0 Å². The fourth-order valence-electron chi connectivity index (χ4n) is 3.22. The molecule has 0 bridgehead atoms. The van der Waals surface area contributed by atoms with Crippen LogP contribution in [0.15, 0.2) is 47.8 Å². The number of nitrogens with zero attached hydrogens (tertiary/aromatic N) is 2. The first kappa shape index (κ1) is 18.6. The number of rotatable bonds is 6. The van der Waals surface area contributed by atoms with E-state index in [0.717, 1.165) is 25.1 Å². The molecule has 1 aromatic carbocycles. The SMILES string of the molecule is CN(Cc1cccs1)C(=O)CN1CCC[C@@H](C(=O)Nc2ccccc2)C1. The normalized spacial score (nSPS) is 17.7.